The summed E-state index contributed by atoms with van der Waals surface area (Å²) in [5.74, 6) is 0.337. The fourth-order valence-corrected chi connectivity index (χ4v) is 4.72. The maximum Gasteiger partial charge on any atom is 0.412 e. The van der Waals surface area contributed by atoms with E-state index in [9.17, 15) is 9.59 Å². The van der Waals surface area contributed by atoms with Gasteiger partial charge in [-0.3, -0.25) is 10.1 Å². The fourth-order valence-electron chi connectivity index (χ4n) is 4.72. The Morgan fingerprint density at radius 3 is 2.36 bits per heavy atom. The predicted octanol–water partition coefficient (Wildman–Crippen LogP) is 7.08. The number of para-hydroxylation sites is 2. The molecule has 1 atom stereocenters. The first-order chi connectivity index (χ1) is 20.3. The Bertz CT molecular complexity index is 1530. The molecule has 2 amide bonds. The van der Waals surface area contributed by atoms with Crippen molar-refractivity contribution < 1.29 is 24.2 Å². The topological polar surface area (TPSA) is 123 Å². The molecule has 0 aromatic heterocycles. The number of fused-ring (bicyclic) bond motifs is 1. The summed E-state index contributed by atoms with van der Waals surface area (Å²) >= 11 is 0. The highest BCUT2D eigenvalue weighted by atomic mass is 16.6. The molecule has 4 rings (SSSR count). The van der Waals surface area contributed by atoms with Gasteiger partial charge in [-0.05, 0) is 60.2 Å². The number of ether oxygens (including phenoxy) is 2. The Labute approximate surface area is 246 Å². The van der Waals surface area contributed by atoms with E-state index in [2.05, 4.69) is 10.6 Å². The number of benzene rings is 4. The minimum atomic E-state index is -0.606. The molecule has 8 heteroatoms. The summed E-state index contributed by atoms with van der Waals surface area (Å²) in [5, 5.41) is 16.7. The number of hydrogen-bond acceptors (Lipinski definition) is 6. The van der Waals surface area contributed by atoms with Gasteiger partial charge in [-0.25, -0.2) is 4.79 Å². The number of nitrogen functional groups attached to an aromatic ring is 1. The molecule has 0 radical (unpaired) electrons. The van der Waals surface area contributed by atoms with Gasteiger partial charge in [-0.15, -0.1) is 0 Å². The van der Waals surface area contributed by atoms with Gasteiger partial charge in [0.2, 0.25) is 5.91 Å². The van der Waals surface area contributed by atoms with Crippen LogP contribution in [-0.4, -0.2) is 30.3 Å². The summed E-state index contributed by atoms with van der Waals surface area (Å²) in [5.41, 5.74) is 7.92. The summed E-state index contributed by atoms with van der Waals surface area (Å²) < 4.78 is 11.6. The Balaban J connectivity index is 1.47. The fraction of sp³-hybridized carbons (Fsp3) is 0.235. The van der Waals surface area contributed by atoms with Gasteiger partial charge in [0.25, 0.3) is 0 Å². The van der Waals surface area contributed by atoms with E-state index in [0.29, 0.717) is 35.7 Å². The van der Waals surface area contributed by atoms with Gasteiger partial charge in [-0.1, -0.05) is 80.6 Å². The molecule has 0 bridgehead atoms. The predicted molar refractivity (Wildman–Crippen MR) is 167 cm³/mol. The average Bonchev–Trinajstić information content (AvgIpc) is 2.99. The number of aliphatic hydroxyl groups is 1. The standard InChI is InChI=1S/C34H37N3O5/c1-34(2,21-8-7-16-31(39)36-30-14-6-5-13-28(30)35)32(25-17-19-26(20-18-25)41-23-22-38)42-33(40)37-29-15-9-11-24-10-3-4-12-27(24)29/h3-7,9-20,32,38H,8,21-23,35H2,1-2H3,(H,36,39)(H,37,40)/b16-7+/t32-/m1/s1. The molecule has 0 saturated carbocycles. The zero-order valence-corrected chi connectivity index (χ0v) is 23.9. The SMILES string of the molecule is CC(C)(CC/C=C/C(=O)Nc1ccccc1N)[C@H](OC(=O)Nc1cccc2ccccc12)c1ccc(OCCO)cc1. The second-order valence-corrected chi connectivity index (χ2v) is 10.6. The Hall–Kier alpha value is -4.82. The smallest absolute Gasteiger partial charge is 0.412 e. The Morgan fingerprint density at radius 1 is 0.905 bits per heavy atom. The minimum Gasteiger partial charge on any atom is -0.491 e. The molecule has 218 valence electrons. The monoisotopic (exact) mass is 567 g/mol. The van der Waals surface area contributed by atoms with E-state index in [0.717, 1.165) is 16.3 Å². The van der Waals surface area contributed by atoms with E-state index in [1.54, 1.807) is 42.5 Å². The number of aliphatic hydroxyl groups excluding tert-OH is 1. The van der Waals surface area contributed by atoms with Crippen LogP contribution in [-0.2, 0) is 9.53 Å². The number of nitrogens with two attached hydrogens (primary N) is 1. The van der Waals surface area contributed by atoms with Crippen LogP contribution in [0.15, 0.2) is 103 Å². The number of anilines is 3. The van der Waals surface area contributed by atoms with Crippen molar-refractivity contribution >= 4 is 39.8 Å². The molecule has 4 aromatic rings. The second-order valence-electron chi connectivity index (χ2n) is 10.6. The molecule has 5 N–H and O–H groups in total. The number of allylic oxidation sites excluding steroid dienone is 1. The van der Waals surface area contributed by atoms with Gasteiger partial charge >= 0.3 is 6.09 Å². The van der Waals surface area contributed by atoms with Crippen molar-refractivity contribution in [2.24, 2.45) is 5.41 Å². The largest absolute Gasteiger partial charge is 0.491 e. The van der Waals surface area contributed by atoms with E-state index < -0.39 is 17.6 Å². The highest BCUT2D eigenvalue weighted by Gasteiger charge is 2.34. The average molecular weight is 568 g/mol. The second kappa shape index (κ2) is 14.2. The molecule has 42 heavy (non-hydrogen) atoms. The lowest BCUT2D eigenvalue weighted by molar-refractivity contribution is -0.111. The van der Waals surface area contributed by atoms with Crippen molar-refractivity contribution in [3.05, 3.63) is 109 Å². The minimum absolute atomic E-state index is 0.0842. The summed E-state index contributed by atoms with van der Waals surface area (Å²) in [6.07, 6.45) is 3.31. The van der Waals surface area contributed by atoms with Crippen LogP contribution in [0, 0.1) is 5.41 Å². The molecular formula is C34H37N3O5. The molecule has 0 aliphatic rings. The van der Waals surface area contributed by atoms with Crippen LogP contribution in [0.3, 0.4) is 0 Å². The third kappa shape index (κ3) is 8.11. The van der Waals surface area contributed by atoms with E-state index in [1.165, 1.54) is 6.08 Å². The van der Waals surface area contributed by atoms with Gasteiger partial charge in [0, 0.05) is 10.8 Å². The molecule has 0 aliphatic heterocycles. The van der Waals surface area contributed by atoms with Gasteiger partial charge in [0.15, 0.2) is 0 Å². The normalized spacial score (nSPS) is 12.2. The number of hydrogen-bond donors (Lipinski definition) is 4. The molecule has 0 aliphatic carbocycles. The maximum atomic E-state index is 13.3. The van der Waals surface area contributed by atoms with Gasteiger partial charge in [-0.2, -0.15) is 0 Å². The lowest BCUT2D eigenvalue weighted by Gasteiger charge is -2.34. The van der Waals surface area contributed by atoms with Crippen LogP contribution < -0.4 is 21.1 Å². The highest BCUT2D eigenvalue weighted by molar-refractivity contribution is 6.01. The quantitative estimate of drug-likeness (QED) is 0.107. The number of amides is 2. The first kappa shape index (κ1) is 30.1. The molecule has 0 fully saturated rings. The van der Waals surface area contributed by atoms with E-state index in [4.69, 9.17) is 20.3 Å². The van der Waals surface area contributed by atoms with Crippen molar-refractivity contribution in [1.29, 1.82) is 0 Å². The van der Waals surface area contributed by atoms with Gasteiger partial charge in [0.1, 0.15) is 18.5 Å². The highest BCUT2D eigenvalue weighted by Crippen LogP contribution is 2.41. The van der Waals surface area contributed by atoms with Crippen molar-refractivity contribution in [2.45, 2.75) is 32.8 Å². The zero-order valence-electron chi connectivity index (χ0n) is 23.9. The van der Waals surface area contributed by atoms with Crippen molar-refractivity contribution in [3.63, 3.8) is 0 Å². The third-order valence-corrected chi connectivity index (χ3v) is 6.95. The van der Waals surface area contributed by atoms with Gasteiger partial charge < -0.3 is 25.6 Å². The lowest BCUT2D eigenvalue weighted by atomic mass is 9.78. The molecule has 0 saturated heterocycles. The van der Waals surface area contributed by atoms with Gasteiger partial charge in [0.05, 0.1) is 23.7 Å². The van der Waals surface area contributed by atoms with E-state index in [1.807, 2.05) is 68.4 Å². The molecule has 8 nitrogen and oxygen atoms in total. The number of carbonyl (C=O) groups is 2. The van der Waals surface area contributed by atoms with Crippen molar-refractivity contribution in [3.8, 4) is 5.75 Å². The molecule has 0 heterocycles. The van der Waals surface area contributed by atoms with Crippen molar-refractivity contribution in [1.82, 2.24) is 0 Å². The van der Waals surface area contributed by atoms with Crippen LogP contribution in [0.5, 0.6) is 5.75 Å². The van der Waals surface area contributed by atoms with Crippen LogP contribution >= 0.6 is 0 Å². The summed E-state index contributed by atoms with van der Waals surface area (Å²) in [7, 11) is 0. The maximum absolute atomic E-state index is 13.3. The number of carbonyl (C=O) groups excluding carboxylic acids is 2. The van der Waals surface area contributed by atoms with Crippen molar-refractivity contribution in [2.75, 3.05) is 29.6 Å². The van der Waals surface area contributed by atoms with Crippen LogP contribution in [0.1, 0.15) is 38.4 Å². The first-order valence-electron chi connectivity index (χ1n) is 13.9. The third-order valence-electron chi connectivity index (χ3n) is 6.95. The lowest BCUT2D eigenvalue weighted by Crippen LogP contribution is -2.29. The Kier molecular flexibility index (Phi) is 10.2. The van der Waals surface area contributed by atoms with Crippen LogP contribution in [0.25, 0.3) is 10.8 Å². The summed E-state index contributed by atoms with van der Waals surface area (Å²) in [4.78, 5) is 25.7. The summed E-state index contributed by atoms with van der Waals surface area (Å²) in [6.45, 7) is 4.16. The number of nitrogens with one attached hydrogen (secondary N) is 2. The van der Waals surface area contributed by atoms with E-state index >= 15 is 0 Å². The summed E-state index contributed by atoms with van der Waals surface area (Å²) in [6, 6.07) is 27.9. The number of rotatable bonds is 12. The molecular weight excluding hydrogens is 530 g/mol. The molecule has 0 spiro atoms. The molecule has 4 aromatic carbocycles. The van der Waals surface area contributed by atoms with Crippen LogP contribution in [0.4, 0.5) is 21.9 Å². The Morgan fingerprint density at radius 2 is 1.60 bits per heavy atom. The molecule has 0 unspecified atom stereocenters. The van der Waals surface area contributed by atoms with E-state index in [-0.39, 0.29) is 19.1 Å². The zero-order chi connectivity index (χ0) is 30.0. The van der Waals surface area contributed by atoms with Crippen LogP contribution in [0.2, 0.25) is 0 Å². The first-order valence-corrected chi connectivity index (χ1v) is 13.9.